The Morgan fingerprint density at radius 2 is 2.23 bits per heavy atom. The Hall–Kier alpha value is -2.77. The molecule has 138 valence electrons. The minimum Gasteiger partial charge on any atom is -0.361 e. The molecule has 1 atom stereocenters. The van der Waals surface area contributed by atoms with E-state index in [-0.39, 0.29) is 30.1 Å². The third-order valence-electron chi connectivity index (χ3n) is 4.57. The third-order valence-corrected chi connectivity index (χ3v) is 4.57. The van der Waals surface area contributed by atoms with E-state index in [4.69, 9.17) is 4.52 Å². The van der Waals surface area contributed by atoms with Gasteiger partial charge in [0, 0.05) is 44.3 Å². The summed E-state index contributed by atoms with van der Waals surface area (Å²) in [5, 5.41) is 6.61. The van der Waals surface area contributed by atoms with Crippen LogP contribution in [0.25, 0.3) is 0 Å². The van der Waals surface area contributed by atoms with Crippen LogP contribution in [0.4, 0.5) is 0 Å². The van der Waals surface area contributed by atoms with Gasteiger partial charge in [-0.3, -0.25) is 9.59 Å². The van der Waals surface area contributed by atoms with Gasteiger partial charge in [-0.05, 0) is 19.8 Å². The highest BCUT2D eigenvalue weighted by atomic mass is 16.5. The third kappa shape index (κ3) is 3.74. The topological polar surface area (TPSA) is 101 Å². The van der Waals surface area contributed by atoms with Gasteiger partial charge in [-0.25, -0.2) is 9.97 Å². The van der Waals surface area contributed by atoms with Gasteiger partial charge in [-0.15, -0.1) is 0 Å². The Morgan fingerprint density at radius 1 is 1.42 bits per heavy atom. The molecule has 0 unspecified atom stereocenters. The summed E-state index contributed by atoms with van der Waals surface area (Å²) in [6.45, 7) is 6.32. The van der Waals surface area contributed by atoms with Crippen LogP contribution < -0.4 is 5.32 Å². The maximum Gasteiger partial charge on any atom is 0.273 e. The number of nitrogens with zero attached hydrogens (tertiary/aromatic N) is 4. The van der Waals surface area contributed by atoms with Crippen molar-refractivity contribution in [2.24, 2.45) is 0 Å². The first-order valence-corrected chi connectivity index (χ1v) is 8.83. The molecule has 0 radical (unpaired) electrons. The van der Waals surface area contributed by atoms with Gasteiger partial charge in [-0.1, -0.05) is 12.1 Å². The lowest BCUT2D eigenvalue weighted by atomic mass is 10.1. The molecule has 2 amide bonds. The van der Waals surface area contributed by atoms with Crippen molar-refractivity contribution in [3.63, 3.8) is 0 Å². The van der Waals surface area contributed by atoms with Crippen molar-refractivity contribution in [3.05, 3.63) is 40.8 Å². The fraction of sp³-hybridized carbons (Fsp3) is 0.500. The fourth-order valence-corrected chi connectivity index (χ4v) is 3.22. The molecule has 1 aliphatic heterocycles. The van der Waals surface area contributed by atoms with E-state index in [0.29, 0.717) is 18.0 Å². The summed E-state index contributed by atoms with van der Waals surface area (Å²) in [5.41, 5.74) is 1.86. The molecular weight excluding hydrogens is 334 g/mol. The van der Waals surface area contributed by atoms with E-state index in [1.165, 1.54) is 0 Å². The number of aryl methyl sites for hydroxylation is 2. The molecule has 1 fully saturated rings. The smallest absolute Gasteiger partial charge is 0.273 e. The number of hydrogen-bond donors (Lipinski definition) is 1. The maximum absolute atomic E-state index is 12.3. The lowest BCUT2D eigenvalue weighted by Crippen LogP contribution is -2.31. The standard InChI is InChI=1S/C18H23N5O3/c1-4-14-8-15(22-26-14)18(25)20-10-13-9-19-11(2)21-17(13)16-6-5-7-23(16)12(3)24/h8-9,16H,4-7,10H2,1-3H3,(H,20,25)/t16-/m0/s1. The average molecular weight is 357 g/mol. The van der Waals surface area contributed by atoms with Crippen LogP contribution in [0.15, 0.2) is 16.8 Å². The number of likely N-dealkylation sites (tertiary alicyclic amines) is 1. The highest BCUT2D eigenvalue weighted by molar-refractivity contribution is 5.92. The zero-order valence-corrected chi connectivity index (χ0v) is 15.3. The quantitative estimate of drug-likeness (QED) is 0.878. The molecule has 1 aliphatic rings. The van der Waals surface area contributed by atoms with E-state index < -0.39 is 0 Å². The lowest BCUT2D eigenvalue weighted by molar-refractivity contribution is -0.129. The molecule has 3 rings (SSSR count). The van der Waals surface area contributed by atoms with Crippen LogP contribution in [-0.2, 0) is 17.8 Å². The van der Waals surface area contributed by atoms with Gasteiger partial charge in [0.15, 0.2) is 5.69 Å². The molecule has 0 aromatic carbocycles. The molecule has 8 nitrogen and oxygen atoms in total. The van der Waals surface area contributed by atoms with Crippen molar-refractivity contribution >= 4 is 11.8 Å². The van der Waals surface area contributed by atoms with Crippen LogP contribution in [-0.4, -0.2) is 38.4 Å². The Bertz CT molecular complexity index is 817. The Morgan fingerprint density at radius 3 is 2.92 bits per heavy atom. The Labute approximate surface area is 152 Å². The van der Waals surface area contributed by atoms with Gasteiger partial charge in [-0.2, -0.15) is 0 Å². The SMILES string of the molecule is CCc1cc(C(=O)NCc2cnc(C)nc2[C@@H]2CCCN2C(C)=O)no1. The monoisotopic (exact) mass is 357 g/mol. The fourth-order valence-electron chi connectivity index (χ4n) is 3.22. The van der Waals surface area contributed by atoms with E-state index in [2.05, 4.69) is 20.4 Å². The van der Waals surface area contributed by atoms with Gasteiger partial charge >= 0.3 is 0 Å². The molecule has 0 aliphatic carbocycles. The number of aromatic nitrogens is 3. The highest BCUT2D eigenvalue weighted by Gasteiger charge is 2.31. The van der Waals surface area contributed by atoms with Crippen LogP contribution >= 0.6 is 0 Å². The molecule has 2 aromatic heterocycles. The number of nitrogens with one attached hydrogen (secondary N) is 1. The molecule has 26 heavy (non-hydrogen) atoms. The van der Waals surface area contributed by atoms with Crippen LogP contribution in [0.1, 0.15) is 66.1 Å². The predicted molar refractivity (Wildman–Crippen MR) is 93.2 cm³/mol. The van der Waals surface area contributed by atoms with E-state index >= 15 is 0 Å². The molecule has 1 saturated heterocycles. The minimum absolute atomic E-state index is 0.0356. The molecular formula is C18H23N5O3. The minimum atomic E-state index is -0.310. The number of carbonyl (C=O) groups excluding carboxylic acids is 2. The Kier molecular flexibility index (Phi) is 5.29. The van der Waals surface area contributed by atoms with Gasteiger partial charge < -0.3 is 14.7 Å². The first-order chi connectivity index (χ1) is 12.5. The summed E-state index contributed by atoms with van der Waals surface area (Å²) < 4.78 is 5.07. The zero-order valence-electron chi connectivity index (χ0n) is 15.3. The number of amides is 2. The second-order valence-electron chi connectivity index (χ2n) is 6.41. The van der Waals surface area contributed by atoms with E-state index in [1.54, 1.807) is 19.2 Å². The summed E-state index contributed by atoms with van der Waals surface area (Å²) >= 11 is 0. The normalized spacial score (nSPS) is 16.7. The maximum atomic E-state index is 12.3. The van der Waals surface area contributed by atoms with Gasteiger partial charge in [0.05, 0.1) is 11.7 Å². The summed E-state index contributed by atoms with van der Waals surface area (Å²) in [4.78, 5) is 34.8. The second kappa shape index (κ2) is 7.63. The van der Waals surface area contributed by atoms with Crippen LogP contribution in [0.2, 0.25) is 0 Å². The number of carbonyl (C=O) groups is 2. The molecule has 8 heteroatoms. The van der Waals surface area contributed by atoms with Gasteiger partial charge in [0.25, 0.3) is 5.91 Å². The van der Waals surface area contributed by atoms with Crippen molar-refractivity contribution in [2.45, 2.75) is 52.6 Å². The van der Waals surface area contributed by atoms with E-state index in [9.17, 15) is 9.59 Å². The number of rotatable bonds is 5. The van der Waals surface area contributed by atoms with Crippen LogP contribution in [0.5, 0.6) is 0 Å². The second-order valence-corrected chi connectivity index (χ2v) is 6.41. The Balaban J connectivity index is 1.77. The first-order valence-electron chi connectivity index (χ1n) is 8.83. The van der Waals surface area contributed by atoms with Crippen molar-refractivity contribution in [3.8, 4) is 0 Å². The summed E-state index contributed by atoms with van der Waals surface area (Å²) in [5.74, 6) is 1.04. The molecule has 0 saturated carbocycles. The summed E-state index contributed by atoms with van der Waals surface area (Å²) in [6, 6.07) is 1.57. The van der Waals surface area contributed by atoms with Crippen LogP contribution in [0, 0.1) is 6.92 Å². The van der Waals surface area contributed by atoms with Crippen molar-refractivity contribution in [2.75, 3.05) is 6.54 Å². The summed E-state index contributed by atoms with van der Waals surface area (Å²) in [6.07, 6.45) is 4.20. The first kappa shape index (κ1) is 18.0. The molecule has 1 N–H and O–H groups in total. The lowest BCUT2D eigenvalue weighted by Gasteiger charge is -2.24. The molecule has 0 bridgehead atoms. The van der Waals surface area contributed by atoms with Crippen molar-refractivity contribution in [1.82, 2.24) is 25.3 Å². The molecule has 3 heterocycles. The largest absolute Gasteiger partial charge is 0.361 e. The van der Waals surface area contributed by atoms with Gasteiger partial charge in [0.1, 0.15) is 11.6 Å². The van der Waals surface area contributed by atoms with Crippen molar-refractivity contribution < 1.29 is 14.1 Å². The summed E-state index contributed by atoms with van der Waals surface area (Å²) in [7, 11) is 0. The number of hydrogen-bond acceptors (Lipinski definition) is 6. The zero-order chi connectivity index (χ0) is 18.7. The predicted octanol–water partition coefficient (Wildman–Crippen LogP) is 1.95. The highest BCUT2D eigenvalue weighted by Crippen LogP contribution is 2.32. The van der Waals surface area contributed by atoms with Crippen LogP contribution in [0.3, 0.4) is 0 Å². The molecule has 2 aromatic rings. The van der Waals surface area contributed by atoms with Crippen molar-refractivity contribution in [1.29, 1.82) is 0 Å². The van der Waals surface area contributed by atoms with Gasteiger partial charge in [0.2, 0.25) is 5.91 Å². The van der Waals surface area contributed by atoms with E-state index in [0.717, 1.165) is 30.6 Å². The molecule has 0 spiro atoms. The average Bonchev–Trinajstić information content (AvgIpc) is 3.29. The van der Waals surface area contributed by atoms with E-state index in [1.807, 2.05) is 18.7 Å².